The van der Waals surface area contributed by atoms with E-state index in [-0.39, 0.29) is 0 Å². The summed E-state index contributed by atoms with van der Waals surface area (Å²) in [5.74, 6) is 1.00. The smallest absolute Gasteiger partial charge is 0.240 e. The highest BCUT2D eigenvalue weighted by molar-refractivity contribution is 7.88. The van der Waals surface area contributed by atoms with E-state index >= 15 is 0 Å². The summed E-state index contributed by atoms with van der Waals surface area (Å²) >= 11 is 0. The number of sulfonamides is 1. The second-order valence-corrected chi connectivity index (χ2v) is 7.39. The molecule has 1 aromatic heterocycles. The van der Waals surface area contributed by atoms with Gasteiger partial charge in [0, 0.05) is 0 Å². The van der Waals surface area contributed by atoms with Crippen LogP contribution < -0.4 is 4.72 Å². The minimum absolute atomic E-state index is 0.465. The van der Waals surface area contributed by atoms with Gasteiger partial charge in [-0.3, -0.25) is 4.90 Å². The third-order valence-corrected chi connectivity index (χ3v) is 4.75. The van der Waals surface area contributed by atoms with Gasteiger partial charge in [-0.25, -0.2) is 13.1 Å². The molecule has 0 radical (unpaired) electrons. The van der Waals surface area contributed by atoms with Crippen molar-refractivity contribution >= 4 is 10.0 Å². The Kier molecular flexibility index (Phi) is 5.00. The Bertz CT molecular complexity index is 560. The van der Waals surface area contributed by atoms with Crippen LogP contribution in [0.25, 0.3) is 0 Å². The van der Waals surface area contributed by atoms with E-state index in [1.807, 2.05) is 0 Å². The van der Waals surface area contributed by atoms with E-state index in [1.165, 1.54) is 6.26 Å². The van der Waals surface area contributed by atoms with E-state index in [1.54, 1.807) is 0 Å². The molecule has 0 unspecified atom stereocenters. The zero-order valence-corrected chi connectivity index (χ0v) is 13.7. The van der Waals surface area contributed by atoms with E-state index in [0.29, 0.717) is 31.1 Å². The molecule has 0 aliphatic heterocycles. The van der Waals surface area contributed by atoms with Crippen molar-refractivity contribution in [2.24, 2.45) is 0 Å². The molecule has 0 spiro atoms. The number of rotatable bonds is 7. The largest absolute Gasteiger partial charge is 0.338 e. The van der Waals surface area contributed by atoms with Crippen LogP contribution >= 0.6 is 0 Å². The molecular formula is C13H24N4O3S. The van der Waals surface area contributed by atoms with Gasteiger partial charge in [0.05, 0.1) is 18.3 Å². The number of hydrogen-bond acceptors (Lipinski definition) is 6. The summed E-state index contributed by atoms with van der Waals surface area (Å²) in [5.41, 5.74) is -0.696. The average Bonchev–Trinajstić information content (AvgIpc) is 3.04. The predicted molar refractivity (Wildman–Crippen MR) is 79.0 cm³/mol. The Morgan fingerprint density at radius 2 is 1.90 bits per heavy atom. The lowest BCUT2D eigenvalue weighted by Crippen LogP contribution is -2.44. The van der Waals surface area contributed by atoms with Crippen LogP contribution in [0.3, 0.4) is 0 Å². The molecule has 0 atom stereocenters. The van der Waals surface area contributed by atoms with Crippen LogP contribution in [0.1, 0.15) is 51.2 Å². The van der Waals surface area contributed by atoms with Gasteiger partial charge in [-0.05, 0) is 25.9 Å². The summed E-state index contributed by atoms with van der Waals surface area (Å²) in [4.78, 5) is 6.61. The van der Waals surface area contributed by atoms with Gasteiger partial charge in [-0.15, -0.1) is 0 Å². The van der Waals surface area contributed by atoms with Gasteiger partial charge in [0.25, 0.3) is 0 Å². The van der Waals surface area contributed by atoms with Gasteiger partial charge in [-0.1, -0.05) is 31.8 Å². The number of aromatic nitrogens is 2. The van der Waals surface area contributed by atoms with Crippen LogP contribution in [0.5, 0.6) is 0 Å². The van der Waals surface area contributed by atoms with Gasteiger partial charge < -0.3 is 4.52 Å². The molecule has 7 nitrogen and oxygen atoms in total. The first-order chi connectivity index (χ1) is 9.88. The fraction of sp³-hybridized carbons (Fsp3) is 0.846. The van der Waals surface area contributed by atoms with Crippen molar-refractivity contribution in [2.75, 3.05) is 19.3 Å². The molecule has 1 aromatic rings. The second kappa shape index (κ2) is 6.41. The minimum Gasteiger partial charge on any atom is -0.338 e. The number of hydrogen-bond donors (Lipinski definition) is 1. The molecule has 1 fully saturated rings. The van der Waals surface area contributed by atoms with Crippen LogP contribution in [0, 0.1) is 0 Å². The molecule has 2 rings (SSSR count). The molecule has 1 N–H and O–H groups in total. The Balaban J connectivity index is 2.20. The van der Waals surface area contributed by atoms with Crippen molar-refractivity contribution in [1.82, 2.24) is 19.8 Å². The lowest BCUT2D eigenvalue weighted by molar-refractivity contribution is 0.244. The molecule has 1 saturated carbocycles. The molecular weight excluding hydrogens is 292 g/mol. The summed E-state index contributed by atoms with van der Waals surface area (Å²) in [7, 11) is -3.32. The third kappa shape index (κ3) is 4.02. The SMILES string of the molecule is CCN(CC)Cc1nc(C2(NS(C)(=O)=O)CCCC2)no1. The molecule has 0 bridgehead atoms. The molecule has 8 heteroatoms. The topological polar surface area (TPSA) is 88.3 Å². The van der Waals surface area contributed by atoms with Crippen molar-refractivity contribution in [2.45, 2.75) is 51.6 Å². The first-order valence-corrected chi connectivity index (χ1v) is 9.32. The summed E-state index contributed by atoms with van der Waals surface area (Å²) in [6.07, 6.45) is 4.52. The lowest BCUT2D eigenvalue weighted by atomic mass is 9.98. The summed E-state index contributed by atoms with van der Waals surface area (Å²) in [5, 5.41) is 4.04. The van der Waals surface area contributed by atoms with Crippen LogP contribution in [-0.4, -0.2) is 42.8 Å². The zero-order chi connectivity index (χ0) is 15.5. The lowest BCUT2D eigenvalue weighted by Gasteiger charge is -2.25. The van der Waals surface area contributed by atoms with Crippen LogP contribution in [0.2, 0.25) is 0 Å². The van der Waals surface area contributed by atoms with E-state index in [0.717, 1.165) is 25.9 Å². The van der Waals surface area contributed by atoms with Gasteiger partial charge in [0.1, 0.15) is 0 Å². The fourth-order valence-electron chi connectivity index (χ4n) is 2.86. The summed E-state index contributed by atoms with van der Waals surface area (Å²) in [6, 6.07) is 0. The Hall–Kier alpha value is -0.990. The maximum Gasteiger partial charge on any atom is 0.240 e. The number of nitrogens with one attached hydrogen (secondary N) is 1. The fourth-order valence-corrected chi connectivity index (χ4v) is 3.86. The summed E-state index contributed by atoms with van der Waals surface area (Å²) < 4.78 is 31.3. The van der Waals surface area contributed by atoms with Crippen LogP contribution in [-0.2, 0) is 22.1 Å². The average molecular weight is 316 g/mol. The van der Waals surface area contributed by atoms with Crippen LogP contribution in [0.4, 0.5) is 0 Å². The second-order valence-electron chi connectivity index (χ2n) is 5.64. The van der Waals surface area contributed by atoms with Gasteiger partial charge in [0.2, 0.25) is 15.9 Å². The molecule has 120 valence electrons. The molecule has 21 heavy (non-hydrogen) atoms. The van der Waals surface area contributed by atoms with E-state index in [4.69, 9.17) is 4.52 Å². The number of nitrogens with zero attached hydrogens (tertiary/aromatic N) is 3. The molecule has 0 aromatic carbocycles. The van der Waals surface area contributed by atoms with Crippen molar-refractivity contribution in [1.29, 1.82) is 0 Å². The monoisotopic (exact) mass is 316 g/mol. The first-order valence-electron chi connectivity index (χ1n) is 7.43. The van der Waals surface area contributed by atoms with E-state index in [9.17, 15) is 8.42 Å². The molecule has 0 saturated heterocycles. The Morgan fingerprint density at radius 1 is 1.29 bits per heavy atom. The van der Waals surface area contributed by atoms with Crippen molar-refractivity contribution in [3.8, 4) is 0 Å². The zero-order valence-electron chi connectivity index (χ0n) is 12.9. The van der Waals surface area contributed by atoms with Crippen LogP contribution in [0.15, 0.2) is 4.52 Å². The molecule has 0 amide bonds. The Labute approximate surface area is 126 Å². The van der Waals surface area contributed by atoms with Crippen molar-refractivity contribution in [3.63, 3.8) is 0 Å². The van der Waals surface area contributed by atoms with Crippen molar-refractivity contribution < 1.29 is 12.9 Å². The predicted octanol–water partition coefficient (Wildman–Crippen LogP) is 1.23. The highest BCUT2D eigenvalue weighted by Gasteiger charge is 2.42. The van der Waals surface area contributed by atoms with E-state index in [2.05, 4.69) is 33.6 Å². The Morgan fingerprint density at radius 3 is 2.43 bits per heavy atom. The highest BCUT2D eigenvalue weighted by atomic mass is 32.2. The molecule has 1 heterocycles. The minimum atomic E-state index is -3.32. The van der Waals surface area contributed by atoms with Gasteiger partial charge in [-0.2, -0.15) is 4.98 Å². The van der Waals surface area contributed by atoms with Gasteiger partial charge in [0.15, 0.2) is 5.82 Å². The van der Waals surface area contributed by atoms with Gasteiger partial charge >= 0.3 is 0 Å². The van der Waals surface area contributed by atoms with E-state index < -0.39 is 15.6 Å². The highest BCUT2D eigenvalue weighted by Crippen LogP contribution is 2.37. The maximum absolute atomic E-state index is 11.6. The maximum atomic E-state index is 11.6. The quantitative estimate of drug-likeness (QED) is 0.814. The normalized spacial score (nSPS) is 18.5. The molecule has 1 aliphatic rings. The molecule has 1 aliphatic carbocycles. The first kappa shape index (κ1) is 16.4. The van der Waals surface area contributed by atoms with Crippen molar-refractivity contribution in [3.05, 3.63) is 11.7 Å². The summed E-state index contributed by atoms with van der Waals surface area (Å²) in [6.45, 7) is 6.55. The standard InChI is InChI=1S/C13H24N4O3S/c1-4-17(5-2)10-11-14-12(15-20-11)13(8-6-7-9-13)16-21(3,18)19/h16H,4-10H2,1-3H3. The third-order valence-electron chi connectivity index (χ3n) is 3.99.